The molecule has 2 heterocycles. The molecule has 2 aromatic heterocycles. The van der Waals surface area contributed by atoms with E-state index in [-0.39, 0.29) is 0 Å². The number of nitrogens with one attached hydrogen (secondary N) is 2. The van der Waals surface area contributed by atoms with Crippen molar-refractivity contribution in [2.24, 2.45) is 4.99 Å². The van der Waals surface area contributed by atoms with Crippen LogP contribution in [0.3, 0.4) is 0 Å². The predicted octanol–water partition coefficient (Wildman–Crippen LogP) is 3.15. The first-order valence-electron chi connectivity index (χ1n) is 8.94. The SMILES string of the molecule is CCCCOc1ncccc1CN=C(NCC)NCCc1ccco1. The van der Waals surface area contributed by atoms with Gasteiger partial charge in [-0.1, -0.05) is 19.4 Å². The Morgan fingerprint density at radius 3 is 2.92 bits per heavy atom. The lowest BCUT2D eigenvalue weighted by atomic mass is 10.2. The first-order chi connectivity index (χ1) is 12.3. The first-order valence-corrected chi connectivity index (χ1v) is 8.94. The summed E-state index contributed by atoms with van der Waals surface area (Å²) in [5.41, 5.74) is 0.988. The molecule has 0 fully saturated rings. The van der Waals surface area contributed by atoms with E-state index < -0.39 is 0 Å². The normalized spacial score (nSPS) is 11.4. The van der Waals surface area contributed by atoms with E-state index in [0.717, 1.165) is 49.6 Å². The van der Waals surface area contributed by atoms with Crippen molar-refractivity contribution in [2.75, 3.05) is 19.7 Å². The Hall–Kier alpha value is -2.50. The van der Waals surface area contributed by atoms with Crippen LogP contribution < -0.4 is 15.4 Å². The Balaban J connectivity index is 1.91. The van der Waals surface area contributed by atoms with Gasteiger partial charge in [0.1, 0.15) is 5.76 Å². The van der Waals surface area contributed by atoms with Crippen LogP contribution in [0.1, 0.15) is 38.0 Å². The Bertz CT molecular complexity index is 626. The van der Waals surface area contributed by atoms with Crippen LogP contribution in [0.15, 0.2) is 46.1 Å². The summed E-state index contributed by atoms with van der Waals surface area (Å²) in [6.07, 6.45) is 6.38. The molecular formula is C19H28N4O2. The number of aromatic nitrogens is 1. The van der Waals surface area contributed by atoms with Gasteiger partial charge in [-0.2, -0.15) is 0 Å². The Labute approximate surface area is 149 Å². The third kappa shape index (κ3) is 6.87. The van der Waals surface area contributed by atoms with Crippen LogP contribution in [-0.4, -0.2) is 30.6 Å². The molecule has 2 rings (SSSR count). The molecule has 0 aliphatic heterocycles. The molecule has 0 bridgehead atoms. The summed E-state index contributed by atoms with van der Waals surface area (Å²) in [6, 6.07) is 7.79. The van der Waals surface area contributed by atoms with Crippen LogP contribution in [0.2, 0.25) is 0 Å². The Kier molecular flexibility index (Phi) is 8.38. The summed E-state index contributed by atoms with van der Waals surface area (Å²) in [5.74, 6) is 2.41. The van der Waals surface area contributed by atoms with E-state index in [4.69, 9.17) is 9.15 Å². The van der Waals surface area contributed by atoms with Crippen molar-refractivity contribution in [2.45, 2.75) is 39.7 Å². The van der Waals surface area contributed by atoms with Crippen LogP contribution >= 0.6 is 0 Å². The predicted molar refractivity (Wildman–Crippen MR) is 99.9 cm³/mol. The topological polar surface area (TPSA) is 71.7 Å². The van der Waals surface area contributed by atoms with E-state index in [0.29, 0.717) is 19.0 Å². The second-order valence-corrected chi connectivity index (χ2v) is 5.62. The molecule has 6 nitrogen and oxygen atoms in total. The van der Waals surface area contributed by atoms with Crippen molar-refractivity contribution in [1.82, 2.24) is 15.6 Å². The third-order valence-corrected chi connectivity index (χ3v) is 3.58. The molecular weight excluding hydrogens is 316 g/mol. The molecule has 0 saturated carbocycles. The lowest BCUT2D eigenvalue weighted by molar-refractivity contribution is 0.294. The van der Waals surface area contributed by atoms with Crippen LogP contribution in [0.4, 0.5) is 0 Å². The molecule has 0 atom stereocenters. The standard InChI is InChI=1S/C19H28N4O2/c1-3-5-13-25-18-16(8-6-11-21-18)15-23-19(20-4-2)22-12-10-17-9-7-14-24-17/h6-9,11,14H,3-5,10,12-13,15H2,1-2H3,(H2,20,22,23). The molecule has 0 amide bonds. The maximum absolute atomic E-state index is 5.77. The number of nitrogens with zero attached hydrogens (tertiary/aromatic N) is 2. The fourth-order valence-electron chi connectivity index (χ4n) is 2.25. The van der Waals surface area contributed by atoms with Crippen molar-refractivity contribution in [3.63, 3.8) is 0 Å². The molecule has 0 aliphatic rings. The zero-order chi connectivity index (χ0) is 17.7. The highest BCUT2D eigenvalue weighted by Crippen LogP contribution is 2.15. The van der Waals surface area contributed by atoms with E-state index in [2.05, 4.69) is 27.5 Å². The minimum Gasteiger partial charge on any atom is -0.477 e. The molecule has 6 heteroatoms. The van der Waals surface area contributed by atoms with Crippen molar-refractivity contribution < 1.29 is 9.15 Å². The summed E-state index contributed by atoms with van der Waals surface area (Å²) in [4.78, 5) is 8.96. The zero-order valence-electron chi connectivity index (χ0n) is 15.1. The maximum atomic E-state index is 5.77. The second-order valence-electron chi connectivity index (χ2n) is 5.62. The maximum Gasteiger partial charge on any atom is 0.218 e. The number of aliphatic imine (C=N–C) groups is 1. The largest absolute Gasteiger partial charge is 0.477 e. The second kappa shape index (κ2) is 11.1. The highest BCUT2D eigenvalue weighted by atomic mass is 16.5. The Morgan fingerprint density at radius 1 is 1.24 bits per heavy atom. The summed E-state index contributed by atoms with van der Waals surface area (Å²) >= 11 is 0. The molecule has 136 valence electrons. The lowest BCUT2D eigenvalue weighted by Crippen LogP contribution is -2.38. The van der Waals surface area contributed by atoms with E-state index in [1.165, 1.54) is 0 Å². The molecule has 0 aromatic carbocycles. The van der Waals surface area contributed by atoms with Crippen molar-refractivity contribution in [3.05, 3.63) is 48.0 Å². The number of pyridine rings is 1. The van der Waals surface area contributed by atoms with Crippen LogP contribution in [0.5, 0.6) is 5.88 Å². The van der Waals surface area contributed by atoms with Crippen molar-refractivity contribution in [3.8, 4) is 5.88 Å². The fraction of sp³-hybridized carbons (Fsp3) is 0.474. The van der Waals surface area contributed by atoms with Gasteiger partial charge in [-0.15, -0.1) is 0 Å². The van der Waals surface area contributed by atoms with E-state index in [9.17, 15) is 0 Å². The van der Waals surface area contributed by atoms with Gasteiger partial charge < -0.3 is 19.8 Å². The molecule has 25 heavy (non-hydrogen) atoms. The minimum atomic E-state index is 0.519. The van der Waals surface area contributed by atoms with Gasteiger partial charge in [0.25, 0.3) is 0 Å². The van der Waals surface area contributed by atoms with Gasteiger partial charge >= 0.3 is 0 Å². The minimum absolute atomic E-state index is 0.519. The number of ether oxygens (including phenoxy) is 1. The van der Waals surface area contributed by atoms with Gasteiger partial charge in [-0.3, -0.25) is 0 Å². The quantitative estimate of drug-likeness (QED) is 0.393. The lowest BCUT2D eigenvalue weighted by Gasteiger charge is -2.12. The molecule has 0 radical (unpaired) electrons. The van der Waals surface area contributed by atoms with Gasteiger partial charge in [0.2, 0.25) is 5.88 Å². The summed E-state index contributed by atoms with van der Waals surface area (Å²) in [7, 11) is 0. The molecule has 0 saturated heterocycles. The van der Waals surface area contributed by atoms with E-state index in [1.54, 1.807) is 12.5 Å². The zero-order valence-corrected chi connectivity index (χ0v) is 15.1. The first kappa shape index (κ1) is 18.8. The van der Waals surface area contributed by atoms with Crippen molar-refractivity contribution in [1.29, 1.82) is 0 Å². The van der Waals surface area contributed by atoms with E-state index in [1.807, 2.05) is 31.2 Å². The van der Waals surface area contributed by atoms with Crippen molar-refractivity contribution >= 4 is 5.96 Å². The summed E-state index contributed by atoms with van der Waals surface area (Å²) in [5, 5.41) is 6.57. The Morgan fingerprint density at radius 2 is 2.16 bits per heavy atom. The number of guanidine groups is 1. The van der Waals surface area contributed by atoms with E-state index >= 15 is 0 Å². The number of hydrogen-bond donors (Lipinski definition) is 2. The van der Waals surface area contributed by atoms with Crippen LogP contribution in [0.25, 0.3) is 0 Å². The number of unbranched alkanes of at least 4 members (excludes halogenated alkanes) is 1. The van der Waals surface area contributed by atoms with Gasteiger partial charge in [0.05, 0.1) is 19.4 Å². The van der Waals surface area contributed by atoms with Gasteiger partial charge in [0.15, 0.2) is 5.96 Å². The molecule has 0 spiro atoms. The molecule has 2 N–H and O–H groups in total. The summed E-state index contributed by atoms with van der Waals surface area (Å²) < 4.78 is 11.1. The number of hydrogen-bond acceptors (Lipinski definition) is 4. The molecule has 0 aliphatic carbocycles. The number of rotatable bonds is 10. The van der Waals surface area contributed by atoms with Gasteiger partial charge in [-0.25, -0.2) is 9.98 Å². The average Bonchev–Trinajstić information content (AvgIpc) is 3.14. The third-order valence-electron chi connectivity index (χ3n) is 3.58. The number of furan rings is 1. The average molecular weight is 344 g/mol. The fourth-order valence-corrected chi connectivity index (χ4v) is 2.25. The van der Waals surface area contributed by atoms with Crippen LogP contribution in [-0.2, 0) is 13.0 Å². The molecule has 0 unspecified atom stereocenters. The van der Waals surface area contributed by atoms with Gasteiger partial charge in [0, 0.05) is 31.3 Å². The van der Waals surface area contributed by atoms with Crippen LogP contribution in [0, 0.1) is 0 Å². The van der Waals surface area contributed by atoms with Gasteiger partial charge in [-0.05, 0) is 31.5 Å². The monoisotopic (exact) mass is 344 g/mol. The highest BCUT2D eigenvalue weighted by Gasteiger charge is 2.05. The highest BCUT2D eigenvalue weighted by molar-refractivity contribution is 5.79. The molecule has 2 aromatic rings. The summed E-state index contributed by atoms with van der Waals surface area (Å²) in [6.45, 7) is 6.96. The smallest absolute Gasteiger partial charge is 0.218 e.